The second kappa shape index (κ2) is 10.5. The van der Waals surface area contributed by atoms with E-state index in [4.69, 9.17) is 0 Å². The monoisotopic (exact) mass is 393 g/mol. The molecule has 1 heterocycles. The molecule has 4 aromatic rings. The molecular weight excluding hydrogens is 377 g/mol. The molecule has 0 aliphatic heterocycles. The van der Waals surface area contributed by atoms with Crippen LogP contribution in [-0.2, 0) is 21.7 Å². The number of benzene rings is 1. The summed E-state index contributed by atoms with van der Waals surface area (Å²) in [7, 11) is 0. The third-order valence-corrected chi connectivity index (χ3v) is 3.60. The molecule has 0 radical (unpaired) electrons. The second-order valence-electron chi connectivity index (χ2n) is 5.07. The summed E-state index contributed by atoms with van der Waals surface area (Å²) in [5.41, 5.74) is 3.84. The van der Waals surface area contributed by atoms with Gasteiger partial charge in [0.25, 0.3) is 0 Å². The van der Waals surface area contributed by atoms with Gasteiger partial charge < -0.3 is 24.8 Å². The minimum absolute atomic E-state index is 0. The number of hydrogen-bond acceptors (Lipinski definition) is 2. The number of halogens is 2. The Kier molecular flexibility index (Phi) is 9.87. The fraction of sp³-hybridized carbons (Fsp3) is 0.111. The normalized spacial score (nSPS) is 9.08. The molecule has 122 valence electrons. The Labute approximate surface area is 169 Å². The van der Waals surface area contributed by atoms with Crippen molar-refractivity contribution in [1.29, 1.82) is 0 Å². The summed E-state index contributed by atoms with van der Waals surface area (Å²) < 4.78 is 1.76. The summed E-state index contributed by atoms with van der Waals surface area (Å²) in [5.74, 6) is 0. The molecule has 0 unspecified atom stereocenters. The minimum Gasteiger partial charge on any atom is -1.00 e. The molecule has 0 aliphatic carbocycles. The minimum atomic E-state index is 0. The van der Waals surface area contributed by atoms with Crippen molar-refractivity contribution in [3.8, 4) is 5.69 Å². The van der Waals surface area contributed by atoms with Crippen molar-refractivity contribution in [3.05, 3.63) is 78.4 Å². The smallest absolute Gasteiger partial charge is 1.00 e. The second-order valence-corrected chi connectivity index (χ2v) is 5.07. The maximum Gasteiger partial charge on any atom is 4.00 e. The van der Waals surface area contributed by atoms with Crippen LogP contribution < -0.4 is 24.8 Å². The van der Waals surface area contributed by atoms with Crippen LogP contribution in [0.15, 0.2) is 67.3 Å². The standard InChI is InChI=1S/C11H8N3.C7H9.2ClH.Ti/c1-2-4-10-6-11(5-9(10)3-1)14-8-12-7-13-14;1-6-4-3-5-7(6)2;;;/h1-8H;3-5H,1-2H3;2*1H;/q2*-1;;;+4/p-2. The first kappa shape index (κ1) is 22.6. The summed E-state index contributed by atoms with van der Waals surface area (Å²) in [6.07, 6.45) is 3.24. The number of nitrogens with zero attached hydrogens (tertiary/aromatic N) is 3. The summed E-state index contributed by atoms with van der Waals surface area (Å²) in [5, 5.41) is 6.56. The number of fused-ring (bicyclic) bond motifs is 1. The summed E-state index contributed by atoms with van der Waals surface area (Å²) >= 11 is 0. The summed E-state index contributed by atoms with van der Waals surface area (Å²) in [6.45, 7) is 4.24. The van der Waals surface area contributed by atoms with Gasteiger partial charge in [0, 0.05) is 0 Å². The van der Waals surface area contributed by atoms with E-state index in [2.05, 4.69) is 66.4 Å². The van der Waals surface area contributed by atoms with E-state index in [0.717, 1.165) is 5.69 Å². The van der Waals surface area contributed by atoms with E-state index in [0.29, 0.717) is 0 Å². The fourth-order valence-electron chi connectivity index (χ4n) is 2.21. The van der Waals surface area contributed by atoms with E-state index in [1.54, 1.807) is 11.0 Å². The molecule has 0 saturated carbocycles. The first-order valence-electron chi connectivity index (χ1n) is 6.93. The van der Waals surface area contributed by atoms with Gasteiger partial charge in [-0.1, -0.05) is 19.9 Å². The van der Waals surface area contributed by atoms with Crippen LogP contribution >= 0.6 is 0 Å². The molecule has 0 saturated heterocycles. The molecular formula is C18H17Cl2N3Ti. The SMILES string of the molecule is Cc1ccc[c-]1C.[Cl-].[Cl-].[Ti+4].c1ccc2[cH-]c(-n3cncn3)cc2c1. The van der Waals surface area contributed by atoms with E-state index in [1.165, 1.54) is 28.2 Å². The van der Waals surface area contributed by atoms with Crippen molar-refractivity contribution in [2.24, 2.45) is 0 Å². The van der Waals surface area contributed by atoms with Gasteiger partial charge in [-0.25, -0.2) is 21.8 Å². The van der Waals surface area contributed by atoms with Crippen LogP contribution in [0.3, 0.4) is 0 Å². The van der Waals surface area contributed by atoms with E-state index >= 15 is 0 Å². The van der Waals surface area contributed by atoms with Crippen LogP contribution in [0, 0.1) is 13.8 Å². The fourth-order valence-corrected chi connectivity index (χ4v) is 2.21. The molecule has 0 aliphatic rings. The third-order valence-electron chi connectivity index (χ3n) is 3.60. The van der Waals surface area contributed by atoms with E-state index in [-0.39, 0.29) is 46.5 Å². The zero-order chi connectivity index (χ0) is 14.7. The molecule has 3 aromatic carbocycles. The number of aryl methyl sites for hydroxylation is 2. The summed E-state index contributed by atoms with van der Waals surface area (Å²) in [4.78, 5) is 3.92. The Balaban J connectivity index is 0.000000463. The van der Waals surface area contributed by atoms with Gasteiger partial charge in [0.1, 0.15) is 12.7 Å². The van der Waals surface area contributed by atoms with Gasteiger partial charge in [-0.15, -0.1) is 41.1 Å². The van der Waals surface area contributed by atoms with Gasteiger partial charge in [0.2, 0.25) is 0 Å². The molecule has 0 amide bonds. The van der Waals surface area contributed by atoms with Gasteiger partial charge in [-0.2, -0.15) is 22.3 Å². The van der Waals surface area contributed by atoms with Crippen molar-refractivity contribution in [1.82, 2.24) is 14.8 Å². The third kappa shape index (κ3) is 5.32. The van der Waals surface area contributed by atoms with Crippen LogP contribution in [0.1, 0.15) is 11.1 Å². The van der Waals surface area contributed by atoms with Crippen molar-refractivity contribution >= 4 is 10.8 Å². The molecule has 6 heteroatoms. The molecule has 0 N–H and O–H groups in total. The number of rotatable bonds is 1. The molecule has 3 nitrogen and oxygen atoms in total. The molecule has 0 atom stereocenters. The van der Waals surface area contributed by atoms with Gasteiger partial charge in [0.05, 0.1) is 0 Å². The quantitative estimate of drug-likeness (QED) is 0.281. The molecule has 4 rings (SSSR count). The number of aromatic nitrogens is 3. The Bertz CT molecular complexity index is 785. The van der Waals surface area contributed by atoms with Crippen LogP contribution in [0.25, 0.3) is 16.5 Å². The van der Waals surface area contributed by atoms with Gasteiger partial charge >= 0.3 is 21.7 Å². The molecule has 0 spiro atoms. The predicted molar refractivity (Wildman–Crippen MR) is 86.0 cm³/mol. The van der Waals surface area contributed by atoms with E-state index < -0.39 is 0 Å². The van der Waals surface area contributed by atoms with Crippen molar-refractivity contribution < 1.29 is 46.5 Å². The summed E-state index contributed by atoms with van der Waals surface area (Å²) in [6, 6.07) is 18.8. The molecule has 1 aromatic heterocycles. The van der Waals surface area contributed by atoms with Crippen molar-refractivity contribution in [2.75, 3.05) is 0 Å². The Hall–Kier alpha value is -1.39. The van der Waals surface area contributed by atoms with Gasteiger partial charge in [-0.05, 0) is 5.69 Å². The Morgan fingerprint density at radius 2 is 1.83 bits per heavy atom. The van der Waals surface area contributed by atoms with Crippen LogP contribution in [0.5, 0.6) is 0 Å². The van der Waals surface area contributed by atoms with E-state index in [1.807, 2.05) is 12.1 Å². The zero-order valence-electron chi connectivity index (χ0n) is 13.4. The largest absolute Gasteiger partial charge is 4.00 e. The average Bonchev–Trinajstić information content (AvgIpc) is 3.21. The van der Waals surface area contributed by atoms with Crippen LogP contribution in [-0.4, -0.2) is 14.8 Å². The molecule has 24 heavy (non-hydrogen) atoms. The number of hydrogen-bond donors (Lipinski definition) is 0. The van der Waals surface area contributed by atoms with Crippen molar-refractivity contribution in [2.45, 2.75) is 13.8 Å². The molecule has 0 bridgehead atoms. The zero-order valence-corrected chi connectivity index (χ0v) is 16.5. The van der Waals surface area contributed by atoms with Gasteiger partial charge in [-0.3, -0.25) is 0 Å². The van der Waals surface area contributed by atoms with Gasteiger partial charge in [0.15, 0.2) is 0 Å². The van der Waals surface area contributed by atoms with E-state index in [9.17, 15) is 0 Å². The molecule has 0 fully saturated rings. The average molecular weight is 394 g/mol. The Morgan fingerprint density at radius 1 is 1.08 bits per heavy atom. The Morgan fingerprint density at radius 3 is 2.33 bits per heavy atom. The van der Waals surface area contributed by atoms with Crippen molar-refractivity contribution in [3.63, 3.8) is 0 Å². The van der Waals surface area contributed by atoms with Crippen LogP contribution in [0.2, 0.25) is 0 Å². The topological polar surface area (TPSA) is 30.7 Å². The first-order chi connectivity index (χ1) is 10.2. The first-order valence-corrected chi connectivity index (χ1v) is 6.93. The maximum absolute atomic E-state index is 4.09. The predicted octanol–water partition coefficient (Wildman–Crippen LogP) is -1.83. The van der Waals surface area contributed by atoms with Crippen LogP contribution in [0.4, 0.5) is 0 Å². The maximum atomic E-state index is 4.09.